The number of H-pyrrole nitrogens is 1. The van der Waals surface area contributed by atoms with Crippen molar-refractivity contribution >= 4 is 23.7 Å². The molecule has 1 aliphatic heterocycles. The summed E-state index contributed by atoms with van der Waals surface area (Å²) >= 11 is 0. The molecule has 0 aliphatic carbocycles. The first kappa shape index (κ1) is 27.9. The van der Waals surface area contributed by atoms with Gasteiger partial charge in [0.25, 0.3) is 0 Å². The second-order valence-corrected chi connectivity index (χ2v) is 9.45. The SMILES string of the molecule is CCC(C)C(NC(=O)C(Cc1cnc[nH]1)NC(=O)C(Cc1ccccc1)NC(=O)C1CCCN1)C(=O)O. The van der Waals surface area contributed by atoms with Crippen molar-refractivity contribution in [2.45, 2.75) is 70.1 Å². The van der Waals surface area contributed by atoms with Crippen LogP contribution in [0.2, 0.25) is 0 Å². The van der Waals surface area contributed by atoms with E-state index in [4.69, 9.17) is 0 Å². The molecule has 11 nitrogen and oxygen atoms in total. The van der Waals surface area contributed by atoms with Gasteiger partial charge in [-0.1, -0.05) is 50.6 Å². The highest BCUT2D eigenvalue weighted by Crippen LogP contribution is 2.11. The number of carbonyl (C=O) groups is 4. The van der Waals surface area contributed by atoms with Crippen LogP contribution in [0.15, 0.2) is 42.9 Å². The van der Waals surface area contributed by atoms with Gasteiger partial charge in [0, 0.05) is 24.7 Å². The Hall–Kier alpha value is -3.73. The van der Waals surface area contributed by atoms with E-state index in [2.05, 4.69) is 31.2 Å². The molecule has 0 radical (unpaired) electrons. The minimum atomic E-state index is -1.15. The monoisotopic (exact) mass is 512 g/mol. The second-order valence-electron chi connectivity index (χ2n) is 9.45. The zero-order valence-corrected chi connectivity index (χ0v) is 21.2. The summed E-state index contributed by atoms with van der Waals surface area (Å²) in [6.45, 7) is 4.32. The van der Waals surface area contributed by atoms with Gasteiger partial charge in [0.1, 0.15) is 18.1 Å². The van der Waals surface area contributed by atoms with Gasteiger partial charge in [0.15, 0.2) is 0 Å². The summed E-state index contributed by atoms with van der Waals surface area (Å²) in [4.78, 5) is 58.2. The molecule has 2 heterocycles. The van der Waals surface area contributed by atoms with E-state index in [1.807, 2.05) is 37.3 Å². The molecule has 37 heavy (non-hydrogen) atoms. The Morgan fingerprint density at radius 1 is 1.05 bits per heavy atom. The van der Waals surface area contributed by atoms with Crippen molar-refractivity contribution in [2.24, 2.45) is 5.92 Å². The van der Waals surface area contributed by atoms with Gasteiger partial charge in [-0.25, -0.2) is 9.78 Å². The van der Waals surface area contributed by atoms with Crippen molar-refractivity contribution in [1.82, 2.24) is 31.2 Å². The van der Waals surface area contributed by atoms with E-state index in [1.54, 1.807) is 6.92 Å². The number of carboxylic acids is 1. The molecule has 6 N–H and O–H groups in total. The molecule has 200 valence electrons. The van der Waals surface area contributed by atoms with Gasteiger partial charge in [-0.2, -0.15) is 0 Å². The van der Waals surface area contributed by atoms with Gasteiger partial charge in [-0.3, -0.25) is 14.4 Å². The number of hydrogen-bond donors (Lipinski definition) is 6. The molecule has 3 amide bonds. The van der Waals surface area contributed by atoms with Gasteiger partial charge >= 0.3 is 5.97 Å². The Morgan fingerprint density at radius 2 is 1.76 bits per heavy atom. The number of rotatable bonds is 13. The van der Waals surface area contributed by atoms with Crippen molar-refractivity contribution in [3.8, 4) is 0 Å². The first-order valence-electron chi connectivity index (χ1n) is 12.7. The molecule has 1 aliphatic rings. The van der Waals surface area contributed by atoms with E-state index in [9.17, 15) is 24.3 Å². The van der Waals surface area contributed by atoms with Crippen LogP contribution in [0.3, 0.4) is 0 Å². The molecule has 0 bridgehead atoms. The lowest BCUT2D eigenvalue weighted by atomic mass is 9.98. The Balaban J connectivity index is 1.79. The van der Waals surface area contributed by atoms with Crippen molar-refractivity contribution in [3.05, 3.63) is 54.1 Å². The zero-order chi connectivity index (χ0) is 26.8. The topological polar surface area (TPSA) is 165 Å². The third-order valence-corrected chi connectivity index (χ3v) is 6.68. The Morgan fingerprint density at radius 3 is 2.35 bits per heavy atom. The molecule has 1 fully saturated rings. The van der Waals surface area contributed by atoms with Crippen LogP contribution in [0.25, 0.3) is 0 Å². The number of hydrogen-bond acceptors (Lipinski definition) is 6. The minimum absolute atomic E-state index is 0.0700. The minimum Gasteiger partial charge on any atom is -0.480 e. The smallest absolute Gasteiger partial charge is 0.326 e. The molecule has 2 aromatic rings. The summed E-state index contributed by atoms with van der Waals surface area (Å²) in [6.07, 6.45) is 5.40. The molecule has 5 atom stereocenters. The number of amides is 3. The second kappa shape index (κ2) is 13.5. The van der Waals surface area contributed by atoms with Crippen LogP contribution < -0.4 is 21.3 Å². The fourth-order valence-electron chi connectivity index (χ4n) is 4.27. The molecule has 3 rings (SSSR count). The summed E-state index contributed by atoms with van der Waals surface area (Å²) in [7, 11) is 0. The molecule has 1 aromatic heterocycles. The molecular formula is C26H36N6O5. The first-order valence-corrected chi connectivity index (χ1v) is 12.7. The van der Waals surface area contributed by atoms with Gasteiger partial charge in [0.2, 0.25) is 17.7 Å². The van der Waals surface area contributed by atoms with Crippen LogP contribution in [-0.2, 0) is 32.0 Å². The fourth-order valence-corrected chi connectivity index (χ4v) is 4.27. The Bertz CT molecular complexity index is 1040. The number of aliphatic carboxylic acids is 1. The summed E-state index contributed by atoms with van der Waals surface area (Å²) in [6, 6.07) is 5.78. The molecule has 0 saturated carbocycles. The van der Waals surface area contributed by atoms with Crippen LogP contribution in [0.5, 0.6) is 0 Å². The van der Waals surface area contributed by atoms with E-state index >= 15 is 0 Å². The predicted molar refractivity (Wildman–Crippen MR) is 136 cm³/mol. The average molecular weight is 513 g/mol. The lowest BCUT2D eigenvalue weighted by molar-refractivity contribution is -0.143. The van der Waals surface area contributed by atoms with E-state index in [0.29, 0.717) is 18.5 Å². The predicted octanol–water partition coefficient (Wildman–Crippen LogP) is 0.532. The van der Waals surface area contributed by atoms with Crippen LogP contribution in [-0.4, -0.2) is 69.5 Å². The number of carbonyl (C=O) groups excluding carboxylic acids is 3. The maximum absolute atomic E-state index is 13.5. The number of aromatic amines is 1. The van der Waals surface area contributed by atoms with Gasteiger partial charge in [-0.15, -0.1) is 0 Å². The highest BCUT2D eigenvalue weighted by molar-refractivity contribution is 5.94. The number of aromatic nitrogens is 2. The summed E-state index contributed by atoms with van der Waals surface area (Å²) in [5.74, 6) is -2.89. The highest BCUT2D eigenvalue weighted by atomic mass is 16.4. The zero-order valence-electron chi connectivity index (χ0n) is 21.2. The van der Waals surface area contributed by atoms with Crippen LogP contribution in [0.4, 0.5) is 0 Å². The van der Waals surface area contributed by atoms with Crippen molar-refractivity contribution in [1.29, 1.82) is 0 Å². The molecular weight excluding hydrogens is 476 g/mol. The number of nitrogens with zero attached hydrogens (tertiary/aromatic N) is 1. The third kappa shape index (κ3) is 8.14. The largest absolute Gasteiger partial charge is 0.480 e. The lowest BCUT2D eigenvalue weighted by Gasteiger charge is -2.26. The summed E-state index contributed by atoms with van der Waals surface area (Å²) in [5.41, 5.74) is 1.44. The number of nitrogens with one attached hydrogen (secondary N) is 5. The fraction of sp³-hybridized carbons (Fsp3) is 0.500. The average Bonchev–Trinajstić information content (AvgIpc) is 3.61. The maximum Gasteiger partial charge on any atom is 0.326 e. The van der Waals surface area contributed by atoms with Crippen molar-refractivity contribution < 1.29 is 24.3 Å². The maximum atomic E-state index is 13.5. The lowest BCUT2D eigenvalue weighted by Crippen LogP contribution is -2.58. The highest BCUT2D eigenvalue weighted by Gasteiger charge is 2.33. The summed E-state index contributed by atoms with van der Waals surface area (Å²) < 4.78 is 0. The summed E-state index contributed by atoms with van der Waals surface area (Å²) in [5, 5.41) is 20.9. The molecule has 1 aromatic carbocycles. The molecule has 1 saturated heterocycles. The van der Waals surface area contributed by atoms with E-state index in [-0.39, 0.29) is 30.7 Å². The number of imidazole rings is 1. The number of benzene rings is 1. The third-order valence-electron chi connectivity index (χ3n) is 6.68. The van der Waals surface area contributed by atoms with Gasteiger partial charge < -0.3 is 31.4 Å². The molecule has 11 heteroatoms. The van der Waals surface area contributed by atoms with Gasteiger partial charge in [-0.05, 0) is 30.9 Å². The van der Waals surface area contributed by atoms with Gasteiger partial charge in [0.05, 0.1) is 12.4 Å². The van der Waals surface area contributed by atoms with Crippen LogP contribution in [0, 0.1) is 5.92 Å². The van der Waals surface area contributed by atoms with E-state index in [1.165, 1.54) is 12.5 Å². The van der Waals surface area contributed by atoms with E-state index in [0.717, 1.165) is 18.5 Å². The standard InChI is InChI=1S/C26H36N6O5/c1-3-16(2)22(26(36)37)32-25(35)21(13-18-14-27-15-29-18)31-24(34)20(12-17-8-5-4-6-9-17)30-23(33)19-10-7-11-28-19/h4-6,8-9,14-16,19-22,28H,3,7,10-13H2,1-2H3,(H,27,29)(H,30,33)(H,31,34)(H,32,35)(H,36,37). The van der Waals surface area contributed by atoms with Crippen molar-refractivity contribution in [2.75, 3.05) is 6.54 Å². The first-order chi connectivity index (χ1) is 17.8. The van der Waals surface area contributed by atoms with Crippen LogP contribution in [0.1, 0.15) is 44.4 Å². The normalized spacial score (nSPS) is 18.3. The number of carboxylic acid groups (broad SMARTS) is 1. The van der Waals surface area contributed by atoms with Crippen LogP contribution >= 0.6 is 0 Å². The molecule has 0 spiro atoms. The molecule has 5 unspecified atom stereocenters. The quantitative estimate of drug-likeness (QED) is 0.228. The Kier molecular flexibility index (Phi) is 10.2. The Labute approximate surface area is 216 Å². The van der Waals surface area contributed by atoms with E-state index < -0.39 is 35.9 Å². The van der Waals surface area contributed by atoms with Crippen molar-refractivity contribution in [3.63, 3.8) is 0 Å².